The summed E-state index contributed by atoms with van der Waals surface area (Å²) in [5.74, 6) is 6.39. The van der Waals surface area contributed by atoms with Gasteiger partial charge in [-0.1, -0.05) is 0 Å². The second-order valence-corrected chi connectivity index (χ2v) is 3.03. The molecule has 5 nitrogen and oxygen atoms in total. The first-order valence-corrected chi connectivity index (χ1v) is 4.85. The molecule has 0 fully saturated rings. The van der Waals surface area contributed by atoms with Gasteiger partial charge in [-0.15, -0.1) is 0 Å². The van der Waals surface area contributed by atoms with Gasteiger partial charge < -0.3 is 20.1 Å². The Balaban J connectivity index is 2.76. The first-order valence-electron chi connectivity index (χ1n) is 4.85. The van der Waals surface area contributed by atoms with Crippen LogP contribution in [0.25, 0.3) is 0 Å². The highest BCUT2D eigenvalue weighted by Gasteiger charge is 2.04. The molecule has 0 aromatic heterocycles. The summed E-state index contributed by atoms with van der Waals surface area (Å²) < 4.78 is 15.6. The lowest BCUT2D eigenvalue weighted by molar-refractivity contribution is 0.144. The van der Waals surface area contributed by atoms with Gasteiger partial charge in [0.1, 0.15) is 6.61 Å². The standard InChI is InChI=1S/C11H16N2O3/c1-14-5-6-16-10-4-3-9(8-13-12)7-11(10)15-2/h3-4,7-8H,5-6,12H2,1-2H3. The van der Waals surface area contributed by atoms with Crippen LogP contribution in [-0.4, -0.2) is 33.6 Å². The maximum Gasteiger partial charge on any atom is 0.161 e. The van der Waals surface area contributed by atoms with Gasteiger partial charge in [-0.25, -0.2) is 0 Å². The van der Waals surface area contributed by atoms with Crippen molar-refractivity contribution < 1.29 is 14.2 Å². The second kappa shape index (κ2) is 6.68. The van der Waals surface area contributed by atoms with Gasteiger partial charge in [0.2, 0.25) is 0 Å². The van der Waals surface area contributed by atoms with Gasteiger partial charge in [-0.05, 0) is 23.8 Å². The highest BCUT2D eigenvalue weighted by molar-refractivity contribution is 5.80. The van der Waals surface area contributed by atoms with Crippen LogP contribution >= 0.6 is 0 Å². The van der Waals surface area contributed by atoms with E-state index in [9.17, 15) is 0 Å². The van der Waals surface area contributed by atoms with Crippen LogP contribution in [0.4, 0.5) is 0 Å². The Bertz CT molecular complexity index is 353. The van der Waals surface area contributed by atoms with Crippen molar-refractivity contribution in [3.8, 4) is 11.5 Å². The summed E-state index contributed by atoms with van der Waals surface area (Å²) in [6.45, 7) is 1.02. The van der Waals surface area contributed by atoms with E-state index in [1.54, 1.807) is 26.5 Å². The normalized spacial score (nSPS) is 10.6. The van der Waals surface area contributed by atoms with Crippen molar-refractivity contribution in [2.24, 2.45) is 10.9 Å². The van der Waals surface area contributed by atoms with E-state index in [0.29, 0.717) is 24.7 Å². The maximum atomic E-state index is 5.48. The molecule has 5 heteroatoms. The van der Waals surface area contributed by atoms with E-state index in [4.69, 9.17) is 20.1 Å². The zero-order valence-corrected chi connectivity index (χ0v) is 9.47. The molecule has 0 aliphatic rings. The molecule has 0 radical (unpaired) electrons. The Kier molecular flexibility index (Phi) is 5.15. The van der Waals surface area contributed by atoms with Gasteiger partial charge >= 0.3 is 0 Å². The monoisotopic (exact) mass is 224 g/mol. The van der Waals surface area contributed by atoms with E-state index in [1.807, 2.05) is 12.1 Å². The molecule has 0 bridgehead atoms. The zero-order chi connectivity index (χ0) is 11.8. The van der Waals surface area contributed by atoms with Gasteiger partial charge in [0, 0.05) is 7.11 Å². The van der Waals surface area contributed by atoms with Crippen LogP contribution in [0.15, 0.2) is 23.3 Å². The molecule has 1 aromatic carbocycles. The minimum atomic E-state index is 0.483. The predicted molar refractivity (Wildman–Crippen MR) is 62.1 cm³/mol. The molecule has 0 unspecified atom stereocenters. The van der Waals surface area contributed by atoms with Crippen LogP contribution in [-0.2, 0) is 4.74 Å². The molecule has 88 valence electrons. The Morgan fingerprint density at radius 3 is 2.69 bits per heavy atom. The topological polar surface area (TPSA) is 66.1 Å². The Labute approximate surface area is 94.8 Å². The van der Waals surface area contributed by atoms with E-state index in [-0.39, 0.29) is 0 Å². The van der Waals surface area contributed by atoms with Crippen molar-refractivity contribution in [2.45, 2.75) is 0 Å². The van der Waals surface area contributed by atoms with Crippen molar-refractivity contribution in [3.05, 3.63) is 23.8 Å². The average molecular weight is 224 g/mol. The van der Waals surface area contributed by atoms with Crippen molar-refractivity contribution in [1.29, 1.82) is 0 Å². The smallest absolute Gasteiger partial charge is 0.161 e. The third-order valence-electron chi connectivity index (χ3n) is 1.96. The highest BCUT2D eigenvalue weighted by atomic mass is 16.5. The molecule has 16 heavy (non-hydrogen) atoms. The van der Waals surface area contributed by atoms with Crippen molar-refractivity contribution >= 4 is 6.21 Å². The SMILES string of the molecule is COCCOc1ccc(C=NN)cc1OC. The summed E-state index contributed by atoms with van der Waals surface area (Å²) in [6.07, 6.45) is 1.54. The summed E-state index contributed by atoms with van der Waals surface area (Å²) in [4.78, 5) is 0. The molecular formula is C11H16N2O3. The number of nitrogens with zero attached hydrogens (tertiary/aromatic N) is 1. The molecule has 0 amide bonds. The number of rotatable bonds is 6. The lowest BCUT2D eigenvalue weighted by Gasteiger charge is -2.10. The first kappa shape index (κ1) is 12.3. The molecular weight excluding hydrogens is 208 g/mol. The molecule has 1 aromatic rings. The van der Waals surface area contributed by atoms with Crippen LogP contribution in [0.1, 0.15) is 5.56 Å². The fraction of sp³-hybridized carbons (Fsp3) is 0.364. The average Bonchev–Trinajstić information content (AvgIpc) is 2.31. The number of methoxy groups -OCH3 is 2. The van der Waals surface area contributed by atoms with E-state index >= 15 is 0 Å². The van der Waals surface area contributed by atoms with Crippen LogP contribution in [0.5, 0.6) is 11.5 Å². The quantitative estimate of drug-likeness (QED) is 0.339. The van der Waals surface area contributed by atoms with E-state index in [0.717, 1.165) is 5.56 Å². The van der Waals surface area contributed by atoms with Gasteiger partial charge in [-0.3, -0.25) is 0 Å². The predicted octanol–water partition coefficient (Wildman–Crippen LogP) is 1.01. The molecule has 0 saturated carbocycles. The minimum absolute atomic E-state index is 0.483. The van der Waals surface area contributed by atoms with E-state index in [2.05, 4.69) is 5.10 Å². The third-order valence-corrected chi connectivity index (χ3v) is 1.96. The number of hydrogen-bond acceptors (Lipinski definition) is 5. The Morgan fingerprint density at radius 2 is 2.06 bits per heavy atom. The van der Waals surface area contributed by atoms with E-state index < -0.39 is 0 Å². The first-order chi connectivity index (χ1) is 7.81. The van der Waals surface area contributed by atoms with Gasteiger partial charge in [0.15, 0.2) is 11.5 Å². The lowest BCUT2D eigenvalue weighted by Crippen LogP contribution is -2.05. The number of benzene rings is 1. The summed E-state index contributed by atoms with van der Waals surface area (Å²) >= 11 is 0. The maximum absolute atomic E-state index is 5.48. The third kappa shape index (κ3) is 3.43. The minimum Gasteiger partial charge on any atom is -0.493 e. The Hall–Kier alpha value is -1.75. The summed E-state index contributed by atoms with van der Waals surface area (Å²) in [5.41, 5.74) is 0.860. The fourth-order valence-corrected chi connectivity index (χ4v) is 1.20. The number of hydrazone groups is 1. The number of hydrogen-bond donors (Lipinski definition) is 1. The molecule has 2 N–H and O–H groups in total. The fourth-order valence-electron chi connectivity index (χ4n) is 1.20. The lowest BCUT2D eigenvalue weighted by atomic mass is 10.2. The summed E-state index contributed by atoms with van der Waals surface area (Å²) in [6, 6.07) is 5.46. The van der Waals surface area contributed by atoms with Crippen LogP contribution < -0.4 is 15.3 Å². The van der Waals surface area contributed by atoms with Gasteiger partial charge in [0.25, 0.3) is 0 Å². The molecule has 0 atom stereocenters. The molecule has 0 aliphatic heterocycles. The van der Waals surface area contributed by atoms with Gasteiger partial charge in [-0.2, -0.15) is 5.10 Å². The van der Waals surface area contributed by atoms with Crippen molar-refractivity contribution in [2.75, 3.05) is 27.4 Å². The summed E-state index contributed by atoms with van der Waals surface area (Å²) in [5, 5.41) is 3.45. The second-order valence-electron chi connectivity index (χ2n) is 3.03. The number of nitrogens with two attached hydrogens (primary N) is 1. The number of ether oxygens (including phenoxy) is 3. The molecule has 0 spiro atoms. The van der Waals surface area contributed by atoms with Crippen LogP contribution in [0, 0.1) is 0 Å². The van der Waals surface area contributed by atoms with E-state index in [1.165, 1.54) is 0 Å². The Morgan fingerprint density at radius 1 is 1.25 bits per heavy atom. The van der Waals surface area contributed by atoms with Gasteiger partial charge in [0.05, 0.1) is 19.9 Å². The van der Waals surface area contributed by atoms with Crippen molar-refractivity contribution in [3.63, 3.8) is 0 Å². The molecule has 1 rings (SSSR count). The van der Waals surface area contributed by atoms with Crippen LogP contribution in [0.2, 0.25) is 0 Å². The largest absolute Gasteiger partial charge is 0.493 e. The highest BCUT2D eigenvalue weighted by Crippen LogP contribution is 2.27. The van der Waals surface area contributed by atoms with Crippen molar-refractivity contribution in [1.82, 2.24) is 0 Å². The molecule has 0 aliphatic carbocycles. The molecule has 0 heterocycles. The summed E-state index contributed by atoms with van der Waals surface area (Å²) in [7, 11) is 3.21. The zero-order valence-electron chi connectivity index (χ0n) is 9.47. The molecule has 0 saturated heterocycles. The van der Waals surface area contributed by atoms with Crippen LogP contribution in [0.3, 0.4) is 0 Å².